The minimum atomic E-state index is -1.17. The Morgan fingerprint density at radius 2 is 0.651 bits per heavy atom. The van der Waals surface area contributed by atoms with E-state index in [0.29, 0.717) is 6.42 Å². The van der Waals surface area contributed by atoms with Crippen LogP contribution in [-0.4, -0.2) is 116 Å². The first-order valence-electron chi connectivity index (χ1n) is 16.4. The van der Waals surface area contributed by atoms with E-state index in [0.717, 1.165) is 12.8 Å². The van der Waals surface area contributed by atoms with Gasteiger partial charge in [-0.05, 0) is 6.42 Å². The van der Waals surface area contributed by atoms with Gasteiger partial charge in [0.25, 0.3) is 0 Å². The molecule has 0 aromatic carbocycles. The predicted molar refractivity (Wildman–Crippen MR) is 169 cm³/mol. The lowest BCUT2D eigenvalue weighted by Crippen LogP contribution is -2.37. The Morgan fingerprint density at radius 3 is 0.814 bits per heavy atom. The second-order valence-corrected chi connectivity index (χ2v) is 11.9. The zero-order chi connectivity index (χ0) is 33.2. The van der Waals surface area contributed by atoms with Gasteiger partial charge >= 0.3 is 5.97 Å². The average Bonchev–Trinajstić information content (AvgIpc) is 3.03. The summed E-state index contributed by atoms with van der Waals surface area (Å²) in [7, 11) is 0. The van der Waals surface area contributed by atoms with Crippen molar-refractivity contribution in [3.8, 4) is 0 Å². The SMILES string of the molecule is CCCCCCCCCCCCCCCCCCCCC(O)C(=O)O.OCC(CO)(CO)CO.OCC(CO)(CO)CO. The maximum absolute atomic E-state index is 10.5. The summed E-state index contributed by atoms with van der Waals surface area (Å²) in [6.07, 6.45) is 23.1. The van der Waals surface area contributed by atoms with Gasteiger partial charge in [-0.3, -0.25) is 0 Å². The molecule has 0 amide bonds. The normalized spacial score (nSPS) is 12.2. The van der Waals surface area contributed by atoms with Crippen molar-refractivity contribution in [2.45, 2.75) is 135 Å². The highest BCUT2D eigenvalue weighted by Gasteiger charge is 2.27. The van der Waals surface area contributed by atoms with Gasteiger partial charge in [0.1, 0.15) is 0 Å². The van der Waals surface area contributed by atoms with E-state index in [2.05, 4.69) is 6.92 Å². The van der Waals surface area contributed by atoms with Crippen molar-refractivity contribution < 1.29 is 55.9 Å². The van der Waals surface area contributed by atoms with Crippen LogP contribution in [0.5, 0.6) is 0 Å². The molecule has 262 valence electrons. The second kappa shape index (κ2) is 34.0. The molecule has 1 atom stereocenters. The molecule has 0 aromatic heterocycles. The standard InChI is InChI=1S/C22H44O3.2C5H12O4/c1-2-3-4-5-6-7-8-9-10-11-12-13-14-15-16-17-18-19-20-21(23)22(24)25;2*6-1-5(2-7,3-8)4-9/h21,23H,2-20H2,1H3,(H,24,25);2*6-9H,1-4H2. The highest BCUT2D eigenvalue weighted by molar-refractivity contribution is 5.71. The third kappa shape index (κ3) is 28.3. The third-order valence-electron chi connectivity index (χ3n) is 7.80. The molecule has 0 radical (unpaired) electrons. The number of carboxylic acids is 1. The number of hydrogen-bond acceptors (Lipinski definition) is 10. The Hall–Kier alpha value is -0.890. The van der Waals surface area contributed by atoms with Crippen molar-refractivity contribution in [1.82, 2.24) is 0 Å². The molecular formula is C32H68O11. The first-order chi connectivity index (χ1) is 20.7. The Kier molecular flexibility index (Phi) is 36.8. The molecular weight excluding hydrogens is 560 g/mol. The van der Waals surface area contributed by atoms with E-state index in [1.54, 1.807) is 0 Å². The quantitative estimate of drug-likeness (QED) is 0.0568. The molecule has 0 saturated carbocycles. The fourth-order valence-corrected chi connectivity index (χ4v) is 3.96. The van der Waals surface area contributed by atoms with Gasteiger partial charge in [0.15, 0.2) is 6.10 Å². The predicted octanol–water partition coefficient (Wildman–Crippen LogP) is 2.75. The van der Waals surface area contributed by atoms with Crippen LogP contribution in [0.3, 0.4) is 0 Å². The van der Waals surface area contributed by atoms with Crippen molar-refractivity contribution in [1.29, 1.82) is 0 Å². The van der Waals surface area contributed by atoms with E-state index < -0.39 is 75.8 Å². The minimum Gasteiger partial charge on any atom is -0.479 e. The lowest BCUT2D eigenvalue weighted by atomic mass is 9.93. The largest absolute Gasteiger partial charge is 0.479 e. The lowest BCUT2D eigenvalue weighted by Gasteiger charge is -2.23. The van der Waals surface area contributed by atoms with Crippen LogP contribution in [-0.2, 0) is 4.79 Å². The van der Waals surface area contributed by atoms with Crippen LogP contribution in [0.25, 0.3) is 0 Å². The summed E-state index contributed by atoms with van der Waals surface area (Å²) in [4.78, 5) is 10.5. The third-order valence-corrected chi connectivity index (χ3v) is 7.80. The molecule has 0 heterocycles. The molecule has 10 N–H and O–H groups in total. The number of hydrogen-bond donors (Lipinski definition) is 10. The summed E-state index contributed by atoms with van der Waals surface area (Å²) >= 11 is 0. The van der Waals surface area contributed by atoms with Crippen molar-refractivity contribution >= 4 is 5.97 Å². The van der Waals surface area contributed by atoms with Crippen LogP contribution < -0.4 is 0 Å². The van der Waals surface area contributed by atoms with Gasteiger partial charge in [-0.15, -0.1) is 0 Å². The van der Waals surface area contributed by atoms with Gasteiger partial charge in [-0.1, -0.05) is 122 Å². The summed E-state index contributed by atoms with van der Waals surface area (Å²) in [5, 5.41) is 85.7. The van der Waals surface area contributed by atoms with E-state index >= 15 is 0 Å². The number of aliphatic hydroxyl groups excluding tert-OH is 9. The number of carbonyl (C=O) groups is 1. The molecule has 0 rings (SSSR count). The average molecular weight is 629 g/mol. The smallest absolute Gasteiger partial charge is 0.332 e. The molecule has 0 aromatic rings. The first-order valence-corrected chi connectivity index (χ1v) is 16.4. The number of carboxylic acid groups (broad SMARTS) is 1. The van der Waals surface area contributed by atoms with E-state index in [1.807, 2.05) is 0 Å². The molecule has 0 bridgehead atoms. The summed E-state index contributed by atoms with van der Waals surface area (Å²) in [5.74, 6) is -1.09. The van der Waals surface area contributed by atoms with E-state index in [1.165, 1.54) is 103 Å². The zero-order valence-corrected chi connectivity index (χ0v) is 27.0. The molecule has 43 heavy (non-hydrogen) atoms. The maximum Gasteiger partial charge on any atom is 0.332 e. The van der Waals surface area contributed by atoms with Crippen LogP contribution in [0.1, 0.15) is 129 Å². The molecule has 0 saturated heterocycles. The Bertz CT molecular complexity index is 500. The highest BCUT2D eigenvalue weighted by Crippen LogP contribution is 2.15. The summed E-state index contributed by atoms with van der Waals surface area (Å²) in [6, 6.07) is 0. The van der Waals surface area contributed by atoms with Gasteiger partial charge in [-0.2, -0.15) is 0 Å². The fourth-order valence-electron chi connectivity index (χ4n) is 3.96. The van der Waals surface area contributed by atoms with Crippen LogP contribution in [0.15, 0.2) is 0 Å². The number of aliphatic hydroxyl groups is 9. The highest BCUT2D eigenvalue weighted by atomic mass is 16.4. The van der Waals surface area contributed by atoms with Crippen LogP contribution in [0.4, 0.5) is 0 Å². The van der Waals surface area contributed by atoms with Crippen molar-refractivity contribution in [3.05, 3.63) is 0 Å². The molecule has 0 aliphatic heterocycles. The van der Waals surface area contributed by atoms with E-state index in [9.17, 15) is 4.79 Å². The van der Waals surface area contributed by atoms with Crippen LogP contribution >= 0.6 is 0 Å². The molecule has 0 spiro atoms. The Labute approximate surface area is 260 Å². The van der Waals surface area contributed by atoms with Crippen molar-refractivity contribution in [2.24, 2.45) is 10.8 Å². The molecule has 1 unspecified atom stereocenters. The van der Waals surface area contributed by atoms with Gasteiger partial charge in [-0.25, -0.2) is 4.79 Å². The number of rotatable bonds is 28. The van der Waals surface area contributed by atoms with Gasteiger partial charge in [0.05, 0.1) is 63.7 Å². The number of unbranched alkanes of at least 4 members (excludes halogenated alkanes) is 17. The summed E-state index contributed by atoms with van der Waals surface area (Å²) < 4.78 is 0. The topological polar surface area (TPSA) is 219 Å². The molecule has 0 aliphatic carbocycles. The van der Waals surface area contributed by atoms with Crippen molar-refractivity contribution in [3.63, 3.8) is 0 Å². The fraction of sp³-hybridized carbons (Fsp3) is 0.969. The van der Waals surface area contributed by atoms with Crippen LogP contribution in [0.2, 0.25) is 0 Å². The van der Waals surface area contributed by atoms with E-state index in [4.69, 9.17) is 51.1 Å². The molecule has 0 fully saturated rings. The molecule has 0 aliphatic rings. The van der Waals surface area contributed by atoms with Crippen molar-refractivity contribution in [2.75, 3.05) is 52.9 Å². The Morgan fingerprint density at radius 1 is 0.442 bits per heavy atom. The molecule has 11 heteroatoms. The monoisotopic (exact) mass is 628 g/mol. The van der Waals surface area contributed by atoms with E-state index in [-0.39, 0.29) is 0 Å². The second-order valence-electron chi connectivity index (χ2n) is 11.9. The lowest BCUT2D eigenvalue weighted by molar-refractivity contribution is -0.146. The Balaban J connectivity index is -0.000000722. The maximum atomic E-state index is 10.5. The van der Waals surface area contributed by atoms with Gasteiger partial charge < -0.3 is 51.1 Å². The van der Waals surface area contributed by atoms with Gasteiger partial charge in [0.2, 0.25) is 0 Å². The molecule has 11 nitrogen and oxygen atoms in total. The first kappa shape index (κ1) is 46.5. The minimum absolute atomic E-state index is 0.397. The van der Waals surface area contributed by atoms with Crippen LogP contribution in [0, 0.1) is 10.8 Å². The summed E-state index contributed by atoms with van der Waals surface area (Å²) in [5.41, 5.74) is -2.22. The zero-order valence-electron chi connectivity index (χ0n) is 27.0. The summed E-state index contributed by atoms with van der Waals surface area (Å²) in [6.45, 7) is -0.975. The number of aliphatic carboxylic acids is 1. The van der Waals surface area contributed by atoms with Gasteiger partial charge in [0, 0.05) is 0 Å².